The largest absolute Gasteiger partial charge is 0.381 e. The van der Waals surface area contributed by atoms with E-state index in [9.17, 15) is 8.42 Å². The fraction of sp³-hybridized carbons (Fsp3) is 0.444. The number of nitrogens with zero attached hydrogens (tertiary/aromatic N) is 5. The van der Waals surface area contributed by atoms with E-state index in [0.717, 1.165) is 0 Å². The fourth-order valence-corrected chi connectivity index (χ4v) is 3.23. The molecule has 3 N–H and O–H groups in total. The summed E-state index contributed by atoms with van der Waals surface area (Å²) in [4.78, 5) is 3.76. The monoisotopic (exact) mass is 285 g/mol. The third-order valence-electron chi connectivity index (χ3n) is 2.63. The zero-order valence-electron chi connectivity index (χ0n) is 10.8. The average Bonchev–Trinajstić information content (AvgIpc) is 2.84. The van der Waals surface area contributed by atoms with Crippen molar-refractivity contribution in [2.45, 2.75) is 18.0 Å². The molecule has 0 aromatic carbocycles. The van der Waals surface area contributed by atoms with Crippen molar-refractivity contribution in [3.63, 3.8) is 0 Å². The number of aryl methyl sites for hydroxylation is 2. The molecule has 9 nitrogen and oxygen atoms in total. The first-order valence-electron chi connectivity index (χ1n) is 5.46. The Labute approximate surface area is 110 Å². The highest BCUT2D eigenvalue weighted by Gasteiger charge is 2.26. The molecule has 0 aliphatic carbocycles. The zero-order valence-corrected chi connectivity index (χ0v) is 11.6. The molecule has 1 unspecified atom stereocenters. The van der Waals surface area contributed by atoms with E-state index < -0.39 is 16.1 Å². The minimum absolute atomic E-state index is 0.0415. The second kappa shape index (κ2) is 4.63. The van der Waals surface area contributed by atoms with Crippen LogP contribution in [0.3, 0.4) is 0 Å². The molecule has 0 saturated heterocycles. The summed E-state index contributed by atoms with van der Waals surface area (Å²) in [6, 6.07) is -0.535. The molecule has 0 saturated carbocycles. The molecule has 2 rings (SSSR count). The Morgan fingerprint density at radius 3 is 2.47 bits per heavy atom. The first kappa shape index (κ1) is 13.5. The van der Waals surface area contributed by atoms with E-state index in [4.69, 9.17) is 5.73 Å². The van der Waals surface area contributed by atoms with Gasteiger partial charge in [-0.05, 0) is 6.92 Å². The van der Waals surface area contributed by atoms with Gasteiger partial charge in [0.25, 0.3) is 10.0 Å². The second-order valence-corrected chi connectivity index (χ2v) is 5.82. The molecule has 19 heavy (non-hydrogen) atoms. The number of hydrogen-bond acceptors (Lipinski definition) is 6. The van der Waals surface area contributed by atoms with Gasteiger partial charge in [0, 0.05) is 14.1 Å². The SMILES string of the molecule is CC(NS(=O)(=O)c1c(N)ncn1C)c1nncn1C. The van der Waals surface area contributed by atoms with Gasteiger partial charge in [-0.3, -0.25) is 0 Å². The molecular weight excluding hydrogens is 270 g/mol. The van der Waals surface area contributed by atoms with Crippen LogP contribution in [-0.2, 0) is 24.1 Å². The van der Waals surface area contributed by atoms with Gasteiger partial charge in [-0.25, -0.2) is 13.4 Å². The molecule has 1 atom stereocenters. The standard InChI is InChI=1S/C9H15N7O2S/c1-6(8-13-12-5-15(8)2)14-19(17,18)9-7(10)11-4-16(9)3/h4-6,14H,10H2,1-3H3. The summed E-state index contributed by atoms with van der Waals surface area (Å²) in [6.45, 7) is 1.67. The van der Waals surface area contributed by atoms with Crippen molar-refractivity contribution < 1.29 is 8.42 Å². The van der Waals surface area contributed by atoms with E-state index in [-0.39, 0.29) is 10.8 Å². The summed E-state index contributed by atoms with van der Waals surface area (Å²) in [5.74, 6) is 0.462. The summed E-state index contributed by atoms with van der Waals surface area (Å²) in [7, 11) is -0.481. The predicted octanol–water partition coefficient (Wildman–Crippen LogP) is -0.830. The van der Waals surface area contributed by atoms with Gasteiger partial charge < -0.3 is 14.9 Å². The van der Waals surface area contributed by atoms with Crippen molar-refractivity contribution in [3.05, 3.63) is 18.5 Å². The lowest BCUT2D eigenvalue weighted by molar-refractivity contribution is 0.545. The number of nitrogens with one attached hydrogen (secondary N) is 1. The van der Waals surface area contributed by atoms with Gasteiger partial charge in [-0.15, -0.1) is 10.2 Å². The molecule has 10 heteroatoms. The number of anilines is 1. The smallest absolute Gasteiger partial charge is 0.260 e. The Hall–Kier alpha value is -1.94. The number of nitrogens with two attached hydrogens (primary N) is 1. The zero-order chi connectivity index (χ0) is 14.2. The molecule has 0 bridgehead atoms. The molecule has 0 spiro atoms. The topological polar surface area (TPSA) is 121 Å². The summed E-state index contributed by atoms with van der Waals surface area (Å²) < 4.78 is 30.0. The molecular formula is C9H15N7O2S. The highest BCUT2D eigenvalue weighted by Crippen LogP contribution is 2.18. The molecule has 2 aromatic heterocycles. The first-order chi connectivity index (χ1) is 8.83. The molecule has 0 aliphatic heterocycles. The van der Waals surface area contributed by atoms with Crippen molar-refractivity contribution in [2.75, 3.05) is 5.73 Å². The first-order valence-corrected chi connectivity index (χ1v) is 6.94. The van der Waals surface area contributed by atoms with E-state index in [1.165, 1.54) is 17.2 Å². The molecule has 0 radical (unpaired) electrons. The highest BCUT2D eigenvalue weighted by molar-refractivity contribution is 7.89. The molecule has 2 heterocycles. The molecule has 0 aliphatic rings. The lowest BCUT2D eigenvalue weighted by atomic mass is 10.3. The van der Waals surface area contributed by atoms with E-state index >= 15 is 0 Å². The Morgan fingerprint density at radius 2 is 2.00 bits per heavy atom. The van der Waals surface area contributed by atoms with Gasteiger partial charge >= 0.3 is 0 Å². The maximum atomic E-state index is 12.2. The molecule has 104 valence electrons. The third-order valence-corrected chi connectivity index (χ3v) is 4.30. The number of aromatic nitrogens is 5. The van der Waals surface area contributed by atoms with Crippen LogP contribution in [0.1, 0.15) is 18.8 Å². The van der Waals surface area contributed by atoms with E-state index in [2.05, 4.69) is 19.9 Å². The van der Waals surface area contributed by atoms with E-state index in [0.29, 0.717) is 5.82 Å². The average molecular weight is 285 g/mol. The minimum Gasteiger partial charge on any atom is -0.381 e. The summed E-state index contributed by atoms with van der Waals surface area (Å²) >= 11 is 0. The third kappa shape index (κ3) is 2.44. The van der Waals surface area contributed by atoms with Gasteiger partial charge in [0.05, 0.1) is 12.4 Å². The molecule has 0 amide bonds. The quantitative estimate of drug-likeness (QED) is 0.756. The maximum absolute atomic E-state index is 12.2. The Bertz CT molecular complexity index is 668. The van der Waals surface area contributed by atoms with Gasteiger partial charge in [-0.1, -0.05) is 0 Å². The van der Waals surface area contributed by atoms with Gasteiger partial charge in [0.15, 0.2) is 10.8 Å². The van der Waals surface area contributed by atoms with Crippen LogP contribution in [0.15, 0.2) is 17.7 Å². The van der Waals surface area contributed by atoms with Crippen LogP contribution in [0.25, 0.3) is 0 Å². The van der Waals surface area contributed by atoms with Crippen LogP contribution >= 0.6 is 0 Å². The minimum atomic E-state index is -3.78. The van der Waals surface area contributed by atoms with Crippen molar-refractivity contribution >= 4 is 15.8 Å². The van der Waals surface area contributed by atoms with Crippen LogP contribution in [0.5, 0.6) is 0 Å². The number of rotatable bonds is 4. The van der Waals surface area contributed by atoms with Gasteiger partial charge in [-0.2, -0.15) is 4.72 Å². The van der Waals surface area contributed by atoms with Crippen molar-refractivity contribution in [1.29, 1.82) is 0 Å². The predicted molar refractivity (Wildman–Crippen MR) is 67.4 cm³/mol. The maximum Gasteiger partial charge on any atom is 0.260 e. The van der Waals surface area contributed by atoms with Crippen LogP contribution in [-0.4, -0.2) is 32.7 Å². The summed E-state index contributed by atoms with van der Waals surface area (Å²) in [5.41, 5.74) is 5.57. The van der Waals surface area contributed by atoms with Crippen LogP contribution in [0, 0.1) is 0 Å². The Kier molecular flexibility index (Phi) is 3.28. The van der Waals surface area contributed by atoms with Crippen molar-refractivity contribution in [1.82, 2.24) is 29.0 Å². The Balaban J connectivity index is 2.31. The number of hydrogen-bond donors (Lipinski definition) is 2. The van der Waals surface area contributed by atoms with Crippen molar-refractivity contribution in [3.8, 4) is 0 Å². The lowest BCUT2D eigenvalue weighted by Gasteiger charge is -2.13. The summed E-state index contributed by atoms with van der Waals surface area (Å²) in [6.07, 6.45) is 2.84. The summed E-state index contributed by atoms with van der Waals surface area (Å²) in [5, 5.41) is 7.50. The van der Waals surface area contributed by atoms with Gasteiger partial charge in [0.2, 0.25) is 0 Å². The second-order valence-electron chi connectivity index (χ2n) is 4.19. The number of sulfonamides is 1. The molecule has 2 aromatic rings. The lowest BCUT2D eigenvalue weighted by Crippen LogP contribution is -2.30. The normalized spacial score (nSPS) is 13.6. The Morgan fingerprint density at radius 1 is 1.32 bits per heavy atom. The number of imidazole rings is 1. The van der Waals surface area contributed by atoms with E-state index in [1.807, 2.05) is 0 Å². The van der Waals surface area contributed by atoms with Crippen LogP contribution in [0.2, 0.25) is 0 Å². The molecule has 0 fully saturated rings. The fourth-order valence-electron chi connectivity index (χ4n) is 1.79. The highest BCUT2D eigenvalue weighted by atomic mass is 32.2. The van der Waals surface area contributed by atoms with Gasteiger partial charge in [0.1, 0.15) is 12.2 Å². The van der Waals surface area contributed by atoms with Crippen LogP contribution < -0.4 is 10.5 Å². The van der Waals surface area contributed by atoms with E-state index in [1.54, 1.807) is 25.6 Å². The number of nitrogen functional groups attached to an aromatic ring is 1. The van der Waals surface area contributed by atoms with Crippen LogP contribution in [0.4, 0.5) is 5.82 Å². The van der Waals surface area contributed by atoms with Crippen molar-refractivity contribution in [2.24, 2.45) is 14.1 Å².